The van der Waals surface area contributed by atoms with Crippen LogP contribution in [0.25, 0.3) is 0 Å². The number of carbonyl (C=O) groups is 1. The lowest BCUT2D eigenvalue weighted by Crippen LogP contribution is -2.36. The average Bonchev–Trinajstić information content (AvgIpc) is 3.04. The Balaban J connectivity index is 1.45. The summed E-state index contributed by atoms with van der Waals surface area (Å²) in [4.78, 5) is 14.3. The van der Waals surface area contributed by atoms with Crippen molar-refractivity contribution in [3.63, 3.8) is 0 Å². The molecule has 0 aliphatic carbocycles. The fraction of sp³-hybridized carbons (Fsp3) is 0.409. The van der Waals surface area contributed by atoms with E-state index in [9.17, 15) is 4.79 Å². The highest BCUT2D eigenvalue weighted by atomic mass is 16.5. The molecule has 0 radical (unpaired) electrons. The molecule has 0 saturated carbocycles. The van der Waals surface area contributed by atoms with E-state index in [-0.39, 0.29) is 0 Å². The Bertz CT molecular complexity index is 702. The first-order chi connectivity index (χ1) is 12.8. The predicted octanol–water partition coefficient (Wildman–Crippen LogP) is 3.41. The molecule has 2 aromatic carbocycles. The Labute approximate surface area is 156 Å². The predicted molar refractivity (Wildman–Crippen MR) is 104 cm³/mol. The fourth-order valence-electron chi connectivity index (χ4n) is 3.58. The van der Waals surface area contributed by atoms with E-state index >= 15 is 0 Å². The molecule has 0 unspecified atom stereocenters. The van der Waals surface area contributed by atoms with E-state index in [0.717, 1.165) is 44.6 Å². The molecule has 1 atom stereocenters. The zero-order valence-electron chi connectivity index (χ0n) is 15.5. The SMILES string of the molecule is COc1cccc(CCN2C(=O)CC[C@H]2CCNCc2ccccc2)c1. The first kappa shape index (κ1) is 18.5. The van der Waals surface area contributed by atoms with Gasteiger partial charge < -0.3 is 15.0 Å². The standard InChI is InChI=1S/C22H28N2O2/c1-26-21-9-5-8-18(16-21)13-15-24-20(10-11-22(24)25)12-14-23-17-19-6-3-2-4-7-19/h2-9,16,20,23H,10-15,17H2,1H3/t20-/m0/s1. The first-order valence-corrected chi connectivity index (χ1v) is 9.43. The van der Waals surface area contributed by atoms with Crippen LogP contribution in [0.4, 0.5) is 0 Å². The molecule has 4 heteroatoms. The maximum Gasteiger partial charge on any atom is 0.222 e. The summed E-state index contributed by atoms with van der Waals surface area (Å²) in [7, 11) is 1.68. The van der Waals surface area contributed by atoms with Gasteiger partial charge in [-0.25, -0.2) is 0 Å². The number of ether oxygens (including phenoxy) is 1. The van der Waals surface area contributed by atoms with E-state index in [1.54, 1.807) is 7.11 Å². The second-order valence-electron chi connectivity index (χ2n) is 6.83. The van der Waals surface area contributed by atoms with Crippen LogP contribution in [0.2, 0.25) is 0 Å². The van der Waals surface area contributed by atoms with Gasteiger partial charge in [0.1, 0.15) is 5.75 Å². The van der Waals surface area contributed by atoms with Crippen LogP contribution >= 0.6 is 0 Å². The van der Waals surface area contributed by atoms with Crippen molar-refractivity contribution >= 4 is 5.91 Å². The van der Waals surface area contributed by atoms with Crippen LogP contribution in [0.15, 0.2) is 54.6 Å². The van der Waals surface area contributed by atoms with Crippen molar-refractivity contribution in [1.82, 2.24) is 10.2 Å². The number of nitrogens with one attached hydrogen (secondary N) is 1. The lowest BCUT2D eigenvalue weighted by molar-refractivity contribution is -0.129. The molecule has 4 nitrogen and oxygen atoms in total. The van der Waals surface area contributed by atoms with Gasteiger partial charge in [-0.15, -0.1) is 0 Å². The zero-order chi connectivity index (χ0) is 18.2. The lowest BCUT2D eigenvalue weighted by atomic mass is 10.1. The normalized spacial score (nSPS) is 16.9. The number of likely N-dealkylation sites (tertiary alicyclic amines) is 1. The second-order valence-corrected chi connectivity index (χ2v) is 6.83. The van der Waals surface area contributed by atoms with Gasteiger partial charge in [0.25, 0.3) is 0 Å². The van der Waals surface area contributed by atoms with Crippen LogP contribution < -0.4 is 10.1 Å². The van der Waals surface area contributed by atoms with Crippen molar-refractivity contribution < 1.29 is 9.53 Å². The quantitative estimate of drug-likeness (QED) is 0.703. The third kappa shape index (κ3) is 5.09. The van der Waals surface area contributed by atoms with Gasteiger partial charge in [-0.1, -0.05) is 42.5 Å². The minimum absolute atomic E-state index is 0.293. The summed E-state index contributed by atoms with van der Waals surface area (Å²) in [5, 5.41) is 3.50. The molecule has 1 N–H and O–H groups in total. The van der Waals surface area contributed by atoms with Crippen molar-refractivity contribution in [1.29, 1.82) is 0 Å². The highest BCUT2D eigenvalue weighted by Gasteiger charge is 2.29. The third-order valence-electron chi connectivity index (χ3n) is 5.05. The molecule has 138 valence electrons. The molecule has 1 aliphatic rings. The van der Waals surface area contributed by atoms with Gasteiger partial charge in [-0.05, 0) is 49.1 Å². The minimum Gasteiger partial charge on any atom is -0.497 e. The number of methoxy groups -OCH3 is 1. The van der Waals surface area contributed by atoms with Crippen molar-refractivity contribution in [2.45, 2.75) is 38.3 Å². The smallest absolute Gasteiger partial charge is 0.222 e. The maximum absolute atomic E-state index is 12.3. The van der Waals surface area contributed by atoms with E-state index in [2.05, 4.69) is 46.6 Å². The van der Waals surface area contributed by atoms with Crippen LogP contribution in [0.1, 0.15) is 30.4 Å². The molecular formula is C22H28N2O2. The second kappa shape index (κ2) is 9.39. The molecule has 1 heterocycles. The van der Waals surface area contributed by atoms with E-state index in [4.69, 9.17) is 4.74 Å². The fourth-order valence-corrected chi connectivity index (χ4v) is 3.58. The van der Waals surface area contributed by atoms with Gasteiger partial charge in [-0.3, -0.25) is 4.79 Å². The van der Waals surface area contributed by atoms with Gasteiger partial charge >= 0.3 is 0 Å². The van der Waals surface area contributed by atoms with E-state index in [0.29, 0.717) is 18.4 Å². The lowest BCUT2D eigenvalue weighted by Gasteiger charge is -2.25. The zero-order valence-corrected chi connectivity index (χ0v) is 15.5. The van der Waals surface area contributed by atoms with Gasteiger partial charge in [0.15, 0.2) is 0 Å². The van der Waals surface area contributed by atoms with Crippen LogP contribution in [-0.4, -0.2) is 37.0 Å². The van der Waals surface area contributed by atoms with E-state index in [1.165, 1.54) is 11.1 Å². The Morgan fingerprint density at radius 1 is 1.12 bits per heavy atom. The molecular weight excluding hydrogens is 324 g/mol. The molecule has 1 amide bonds. The molecule has 0 aromatic heterocycles. The summed E-state index contributed by atoms with van der Waals surface area (Å²) in [6.45, 7) is 2.60. The molecule has 2 aromatic rings. The summed E-state index contributed by atoms with van der Waals surface area (Å²) in [6.07, 6.45) is 3.54. The van der Waals surface area contributed by atoms with Crippen LogP contribution in [0.3, 0.4) is 0 Å². The number of carbonyl (C=O) groups excluding carboxylic acids is 1. The first-order valence-electron chi connectivity index (χ1n) is 9.43. The Hall–Kier alpha value is -2.33. The molecule has 1 saturated heterocycles. The van der Waals surface area contributed by atoms with Gasteiger partial charge in [-0.2, -0.15) is 0 Å². The summed E-state index contributed by atoms with van der Waals surface area (Å²) in [5.41, 5.74) is 2.51. The van der Waals surface area contributed by atoms with E-state index < -0.39 is 0 Å². The van der Waals surface area contributed by atoms with E-state index in [1.807, 2.05) is 18.2 Å². The van der Waals surface area contributed by atoms with Crippen molar-refractivity contribution in [2.75, 3.05) is 20.2 Å². The summed E-state index contributed by atoms with van der Waals surface area (Å²) in [5.74, 6) is 1.16. The van der Waals surface area contributed by atoms with Crippen molar-refractivity contribution in [2.24, 2.45) is 0 Å². The van der Waals surface area contributed by atoms with Crippen LogP contribution in [0.5, 0.6) is 5.75 Å². The number of hydrogen-bond acceptors (Lipinski definition) is 3. The molecule has 1 aliphatic heterocycles. The molecule has 3 rings (SSSR count). The van der Waals surface area contributed by atoms with Crippen molar-refractivity contribution in [3.05, 3.63) is 65.7 Å². The largest absolute Gasteiger partial charge is 0.497 e. The number of benzene rings is 2. The van der Waals surface area contributed by atoms with Crippen LogP contribution in [-0.2, 0) is 17.8 Å². The number of rotatable bonds is 9. The Morgan fingerprint density at radius 2 is 1.92 bits per heavy atom. The van der Waals surface area contributed by atoms with Gasteiger partial charge in [0, 0.05) is 25.6 Å². The Kier molecular flexibility index (Phi) is 6.67. The molecule has 1 fully saturated rings. The number of nitrogens with zero attached hydrogens (tertiary/aromatic N) is 1. The number of hydrogen-bond donors (Lipinski definition) is 1. The van der Waals surface area contributed by atoms with Gasteiger partial charge in [0.2, 0.25) is 5.91 Å². The highest BCUT2D eigenvalue weighted by Crippen LogP contribution is 2.22. The van der Waals surface area contributed by atoms with Gasteiger partial charge in [0.05, 0.1) is 7.11 Å². The average molecular weight is 352 g/mol. The third-order valence-corrected chi connectivity index (χ3v) is 5.05. The summed E-state index contributed by atoms with van der Waals surface area (Å²) >= 11 is 0. The molecule has 0 spiro atoms. The molecule has 0 bridgehead atoms. The number of amides is 1. The summed E-state index contributed by atoms with van der Waals surface area (Å²) < 4.78 is 5.28. The van der Waals surface area contributed by atoms with Crippen LogP contribution in [0, 0.1) is 0 Å². The highest BCUT2D eigenvalue weighted by molar-refractivity contribution is 5.78. The molecule has 26 heavy (non-hydrogen) atoms. The Morgan fingerprint density at radius 3 is 2.73 bits per heavy atom. The van der Waals surface area contributed by atoms with Crippen molar-refractivity contribution in [3.8, 4) is 5.75 Å². The monoisotopic (exact) mass is 352 g/mol. The minimum atomic E-state index is 0.293. The maximum atomic E-state index is 12.3. The topological polar surface area (TPSA) is 41.6 Å². The summed E-state index contributed by atoms with van der Waals surface area (Å²) in [6, 6.07) is 18.9.